The van der Waals surface area contributed by atoms with Crippen LogP contribution in [0.15, 0.2) is 4.52 Å². The van der Waals surface area contributed by atoms with Crippen LogP contribution in [0.1, 0.15) is 25.1 Å². The van der Waals surface area contributed by atoms with Crippen molar-refractivity contribution in [3.63, 3.8) is 0 Å². The topological polar surface area (TPSA) is 64.9 Å². The minimum Gasteiger partial charge on any atom is -0.329 e. The van der Waals surface area contributed by atoms with Gasteiger partial charge in [-0.05, 0) is 6.42 Å². The fourth-order valence-electron chi connectivity index (χ4n) is 0.831. The molecule has 7 heteroatoms. The predicted octanol–water partition coefficient (Wildman–Crippen LogP) is 1.37. The number of aromatic nitrogens is 2. The third kappa shape index (κ3) is 2.69. The summed E-state index contributed by atoms with van der Waals surface area (Å²) in [6, 6.07) is -0.242. The summed E-state index contributed by atoms with van der Waals surface area (Å²) in [5.41, 5.74) is 5.52. The third-order valence-corrected chi connectivity index (χ3v) is 1.68. The number of alkyl halides is 3. The zero-order valence-corrected chi connectivity index (χ0v) is 7.51. The molecule has 0 bridgehead atoms. The van der Waals surface area contributed by atoms with Gasteiger partial charge >= 0.3 is 12.1 Å². The van der Waals surface area contributed by atoms with Gasteiger partial charge in [0, 0.05) is 12.5 Å². The van der Waals surface area contributed by atoms with Gasteiger partial charge in [0.25, 0.3) is 0 Å². The first-order chi connectivity index (χ1) is 6.43. The molecular formula is C7H10F3N3O. The van der Waals surface area contributed by atoms with Crippen molar-refractivity contribution in [2.45, 2.75) is 32.0 Å². The molecule has 1 unspecified atom stereocenters. The van der Waals surface area contributed by atoms with E-state index in [-0.39, 0.29) is 18.3 Å². The molecule has 0 fully saturated rings. The summed E-state index contributed by atoms with van der Waals surface area (Å²) in [7, 11) is 0. The Morgan fingerprint density at radius 2 is 2.14 bits per heavy atom. The lowest BCUT2D eigenvalue weighted by Gasteiger charge is -2.02. The molecular weight excluding hydrogens is 199 g/mol. The Bertz CT molecular complexity index is 297. The summed E-state index contributed by atoms with van der Waals surface area (Å²) in [6.45, 7) is 1.83. The SMILES string of the molecule is CCC(N)Cc1noc(C(F)(F)F)n1. The number of hydrogen-bond acceptors (Lipinski definition) is 4. The first-order valence-corrected chi connectivity index (χ1v) is 4.08. The molecule has 80 valence electrons. The fraction of sp³-hybridized carbons (Fsp3) is 0.714. The maximum Gasteiger partial charge on any atom is 0.471 e. The van der Waals surface area contributed by atoms with Crippen LogP contribution in [0.3, 0.4) is 0 Å². The first-order valence-electron chi connectivity index (χ1n) is 4.08. The lowest BCUT2D eigenvalue weighted by Crippen LogP contribution is -2.22. The van der Waals surface area contributed by atoms with Crippen LogP contribution in [0.25, 0.3) is 0 Å². The molecule has 0 aliphatic carbocycles. The van der Waals surface area contributed by atoms with E-state index in [0.717, 1.165) is 0 Å². The number of nitrogens with zero attached hydrogens (tertiary/aromatic N) is 2. The average molecular weight is 209 g/mol. The molecule has 0 saturated heterocycles. The van der Waals surface area contributed by atoms with Crippen LogP contribution in [0.4, 0.5) is 13.2 Å². The summed E-state index contributed by atoms with van der Waals surface area (Å²) in [5, 5.41) is 3.18. The van der Waals surface area contributed by atoms with E-state index in [2.05, 4.69) is 14.7 Å². The highest BCUT2D eigenvalue weighted by molar-refractivity contribution is 4.92. The average Bonchev–Trinajstić information content (AvgIpc) is 2.51. The molecule has 1 aromatic heterocycles. The molecule has 1 heterocycles. The van der Waals surface area contributed by atoms with E-state index in [9.17, 15) is 13.2 Å². The second-order valence-electron chi connectivity index (χ2n) is 2.89. The lowest BCUT2D eigenvalue weighted by molar-refractivity contribution is -0.159. The van der Waals surface area contributed by atoms with Gasteiger partial charge in [-0.1, -0.05) is 12.1 Å². The molecule has 1 aromatic rings. The van der Waals surface area contributed by atoms with Gasteiger partial charge in [0.05, 0.1) is 0 Å². The molecule has 4 nitrogen and oxygen atoms in total. The summed E-state index contributed by atoms with van der Waals surface area (Å²) in [4.78, 5) is 3.19. The molecule has 2 N–H and O–H groups in total. The molecule has 0 radical (unpaired) electrons. The molecule has 0 aliphatic rings. The van der Waals surface area contributed by atoms with Crippen molar-refractivity contribution in [1.82, 2.24) is 10.1 Å². The highest BCUT2D eigenvalue weighted by Gasteiger charge is 2.38. The van der Waals surface area contributed by atoms with Crippen molar-refractivity contribution in [2.24, 2.45) is 5.73 Å². The molecule has 14 heavy (non-hydrogen) atoms. The number of rotatable bonds is 3. The summed E-state index contributed by atoms with van der Waals surface area (Å²) in [5.74, 6) is -1.33. The maximum absolute atomic E-state index is 12.0. The van der Waals surface area contributed by atoms with Gasteiger partial charge in [0.2, 0.25) is 0 Å². The van der Waals surface area contributed by atoms with Crippen LogP contribution in [-0.2, 0) is 12.6 Å². The minimum atomic E-state index is -4.58. The number of nitrogens with two attached hydrogens (primary N) is 1. The van der Waals surface area contributed by atoms with Crippen LogP contribution in [0, 0.1) is 0 Å². The Balaban J connectivity index is 2.69. The lowest BCUT2D eigenvalue weighted by atomic mass is 10.2. The smallest absolute Gasteiger partial charge is 0.329 e. The Morgan fingerprint density at radius 3 is 2.57 bits per heavy atom. The summed E-state index contributed by atoms with van der Waals surface area (Å²) in [6.07, 6.45) is -3.74. The molecule has 0 spiro atoms. The van der Waals surface area contributed by atoms with Crippen molar-refractivity contribution in [2.75, 3.05) is 0 Å². The van der Waals surface area contributed by atoms with Gasteiger partial charge in [-0.25, -0.2) is 0 Å². The molecule has 1 atom stereocenters. The molecule has 0 aromatic carbocycles. The van der Waals surface area contributed by atoms with Crippen molar-refractivity contribution in [3.8, 4) is 0 Å². The monoisotopic (exact) mass is 209 g/mol. The van der Waals surface area contributed by atoms with E-state index in [4.69, 9.17) is 5.73 Å². The zero-order valence-electron chi connectivity index (χ0n) is 7.51. The van der Waals surface area contributed by atoms with Crippen molar-refractivity contribution >= 4 is 0 Å². The molecule has 1 rings (SSSR count). The van der Waals surface area contributed by atoms with E-state index in [0.29, 0.717) is 6.42 Å². The van der Waals surface area contributed by atoms with E-state index in [1.165, 1.54) is 0 Å². The third-order valence-electron chi connectivity index (χ3n) is 1.68. The van der Waals surface area contributed by atoms with Crippen LogP contribution < -0.4 is 5.73 Å². The Labute approximate surface area is 78.3 Å². The van der Waals surface area contributed by atoms with Gasteiger partial charge in [0.1, 0.15) is 0 Å². The minimum absolute atomic E-state index is 0.00771. The van der Waals surface area contributed by atoms with Crippen LogP contribution in [0.5, 0.6) is 0 Å². The Hall–Kier alpha value is -1.11. The second kappa shape index (κ2) is 3.95. The highest BCUT2D eigenvalue weighted by atomic mass is 19.4. The number of halogens is 3. The van der Waals surface area contributed by atoms with Crippen LogP contribution >= 0.6 is 0 Å². The van der Waals surface area contributed by atoms with E-state index in [1.807, 2.05) is 6.92 Å². The fourth-order valence-corrected chi connectivity index (χ4v) is 0.831. The highest BCUT2D eigenvalue weighted by Crippen LogP contribution is 2.27. The number of hydrogen-bond donors (Lipinski definition) is 1. The molecule has 0 amide bonds. The van der Waals surface area contributed by atoms with Crippen molar-refractivity contribution in [1.29, 1.82) is 0 Å². The van der Waals surface area contributed by atoms with E-state index >= 15 is 0 Å². The van der Waals surface area contributed by atoms with Gasteiger partial charge < -0.3 is 10.3 Å². The normalized spacial score (nSPS) is 14.4. The van der Waals surface area contributed by atoms with Crippen molar-refractivity contribution < 1.29 is 17.7 Å². The van der Waals surface area contributed by atoms with Gasteiger partial charge in [-0.15, -0.1) is 0 Å². The standard InChI is InChI=1S/C7H10F3N3O/c1-2-4(11)3-5-12-6(14-13-5)7(8,9)10/h4H,2-3,11H2,1H3. The summed E-state index contributed by atoms with van der Waals surface area (Å²) >= 11 is 0. The zero-order chi connectivity index (χ0) is 10.8. The van der Waals surface area contributed by atoms with E-state index < -0.39 is 12.1 Å². The predicted molar refractivity (Wildman–Crippen MR) is 41.3 cm³/mol. The van der Waals surface area contributed by atoms with Gasteiger partial charge in [-0.3, -0.25) is 0 Å². The maximum atomic E-state index is 12.0. The van der Waals surface area contributed by atoms with Gasteiger partial charge in [0.15, 0.2) is 5.82 Å². The molecule has 0 saturated carbocycles. The van der Waals surface area contributed by atoms with Gasteiger partial charge in [-0.2, -0.15) is 18.2 Å². The first kappa shape index (κ1) is 11.0. The van der Waals surface area contributed by atoms with E-state index in [1.54, 1.807) is 0 Å². The second-order valence-corrected chi connectivity index (χ2v) is 2.89. The largest absolute Gasteiger partial charge is 0.471 e. The van der Waals surface area contributed by atoms with Crippen molar-refractivity contribution in [3.05, 3.63) is 11.7 Å². The Kier molecular flexibility index (Phi) is 3.10. The summed E-state index contributed by atoms with van der Waals surface area (Å²) < 4.78 is 40.0. The Morgan fingerprint density at radius 1 is 1.50 bits per heavy atom. The molecule has 0 aliphatic heterocycles. The van der Waals surface area contributed by atoms with Crippen LogP contribution in [-0.4, -0.2) is 16.2 Å². The van der Waals surface area contributed by atoms with Crippen LogP contribution in [0.2, 0.25) is 0 Å². The quantitative estimate of drug-likeness (QED) is 0.816.